The summed E-state index contributed by atoms with van der Waals surface area (Å²) in [6.45, 7) is 4.89. The van der Waals surface area contributed by atoms with Crippen LogP contribution >= 0.6 is 0 Å². The number of hydrogen-bond donors (Lipinski definition) is 8. The third kappa shape index (κ3) is 8.14. The number of aliphatic hydroxyl groups is 2. The summed E-state index contributed by atoms with van der Waals surface area (Å²) in [4.78, 5) is 12.5. The van der Waals surface area contributed by atoms with E-state index in [0.29, 0.717) is 31.8 Å². The van der Waals surface area contributed by atoms with E-state index in [0.717, 1.165) is 31.7 Å². The zero-order valence-electron chi connectivity index (χ0n) is 24.1. The van der Waals surface area contributed by atoms with E-state index in [1.165, 1.54) is 12.8 Å². The molecule has 4 rings (SSSR count). The standard InChI is InChI=1S/C28H52N6O6/c1-16-8-9-21(25(36)24(16)31-2)39-28-20(34-22(35)10-11-29)13-19(30)27(26(28)37)40-23-7-3-6-18(38-23)15-32-14-17-5-4-12-33-17/h6,16-17,19-21,23-28,31-33,36-37H,3-5,7-15,29-30H2,1-2H3,(H,34,35)/t16-,17-,19+,20-,21+,23-,24+,25+,26+,27-,28+/m1/s1. The molecule has 2 heterocycles. The second kappa shape index (κ2) is 15.2. The first-order valence-corrected chi connectivity index (χ1v) is 15.2. The van der Waals surface area contributed by atoms with Crippen LogP contribution in [0.1, 0.15) is 58.3 Å². The van der Waals surface area contributed by atoms with Crippen molar-refractivity contribution in [3.05, 3.63) is 11.8 Å². The van der Waals surface area contributed by atoms with Crippen molar-refractivity contribution in [1.82, 2.24) is 21.3 Å². The number of ether oxygens (including phenoxy) is 3. The molecular weight excluding hydrogens is 516 g/mol. The zero-order chi connectivity index (χ0) is 28.6. The fourth-order valence-corrected chi connectivity index (χ4v) is 6.64. The van der Waals surface area contributed by atoms with Crippen molar-refractivity contribution in [2.24, 2.45) is 17.4 Å². The minimum absolute atomic E-state index is 0.127. The van der Waals surface area contributed by atoms with Crippen molar-refractivity contribution < 1.29 is 29.2 Å². The Morgan fingerprint density at radius 1 is 1.18 bits per heavy atom. The number of allylic oxidation sites excluding steroid dienone is 1. The van der Waals surface area contributed by atoms with Gasteiger partial charge in [-0.05, 0) is 64.1 Å². The highest BCUT2D eigenvalue weighted by molar-refractivity contribution is 5.76. The summed E-state index contributed by atoms with van der Waals surface area (Å²) in [6.07, 6.45) is 3.45. The minimum Gasteiger partial charge on any atom is -0.468 e. The van der Waals surface area contributed by atoms with Gasteiger partial charge in [0.2, 0.25) is 5.91 Å². The van der Waals surface area contributed by atoms with E-state index in [1.807, 2.05) is 7.05 Å². The molecule has 0 aromatic rings. The quantitative estimate of drug-likeness (QED) is 0.141. The van der Waals surface area contributed by atoms with Crippen molar-refractivity contribution in [3.63, 3.8) is 0 Å². The number of rotatable bonds is 12. The number of nitrogens with two attached hydrogens (primary N) is 2. The Balaban J connectivity index is 1.39. The highest BCUT2D eigenvalue weighted by Gasteiger charge is 2.48. The van der Waals surface area contributed by atoms with Gasteiger partial charge in [-0.1, -0.05) is 6.92 Å². The number of carbonyl (C=O) groups excluding carboxylic acids is 1. The van der Waals surface area contributed by atoms with Gasteiger partial charge in [0.25, 0.3) is 0 Å². The Hall–Kier alpha value is -1.35. The highest BCUT2D eigenvalue weighted by Crippen LogP contribution is 2.33. The first kappa shape index (κ1) is 31.6. The van der Waals surface area contributed by atoms with Crippen molar-refractivity contribution >= 4 is 5.91 Å². The van der Waals surface area contributed by atoms with Crippen LogP contribution in [0.2, 0.25) is 0 Å². The zero-order valence-corrected chi connectivity index (χ0v) is 24.1. The molecule has 12 nitrogen and oxygen atoms in total. The van der Waals surface area contributed by atoms with Crippen molar-refractivity contribution in [1.29, 1.82) is 0 Å². The monoisotopic (exact) mass is 568 g/mol. The van der Waals surface area contributed by atoms with Gasteiger partial charge in [-0.25, -0.2) is 0 Å². The van der Waals surface area contributed by atoms with Crippen LogP contribution in [0.25, 0.3) is 0 Å². The minimum atomic E-state index is -1.13. The molecule has 1 amide bonds. The van der Waals surface area contributed by atoms with Gasteiger partial charge < -0.3 is 57.2 Å². The van der Waals surface area contributed by atoms with E-state index < -0.39 is 48.9 Å². The van der Waals surface area contributed by atoms with Crippen LogP contribution in [0.5, 0.6) is 0 Å². The molecule has 0 bridgehead atoms. The number of nitrogens with one attached hydrogen (secondary N) is 4. The number of likely N-dealkylation sites (N-methyl/N-ethyl adjacent to an activating group) is 1. The number of carbonyl (C=O) groups is 1. The van der Waals surface area contributed by atoms with E-state index in [2.05, 4.69) is 34.3 Å². The van der Waals surface area contributed by atoms with Gasteiger partial charge in [-0.15, -0.1) is 0 Å². The van der Waals surface area contributed by atoms with Crippen molar-refractivity contribution in [2.75, 3.05) is 33.2 Å². The summed E-state index contributed by atoms with van der Waals surface area (Å²) in [6, 6.07) is -0.724. The first-order chi connectivity index (χ1) is 19.3. The Kier molecular flexibility index (Phi) is 12.0. The van der Waals surface area contributed by atoms with Gasteiger partial charge in [0.05, 0.1) is 24.8 Å². The number of aliphatic hydroxyl groups excluding tert-OH is 2. The Morgan fingerprint density at radius 2 is 2.00 bits per heavy atom. The van der Waals surface area contributed by atoms with Crippen LogP contribution in [0.4, 0.5) is 0 Å². The molecule has 2 aliphatic heterocycles. The van der Waals surface area contributed by atoms with E-state index in [4.69, 9.17) is 25.7 Å². The van der Waals surface area contributed by atoms with Gasteiger partial charge in [-0.3, -0.25) is 4.79 Å². The lowest BCUT2D eigenvalue weighted by Gasteiger charge is -2.47. The predicted octanol–water partition coefficient (Wildman–Crippen LogP) is -1.21. The van der Waals surface area contributed by atoms with Gasteiger partial charge in [0.1, 0.15) is 24.1 Å². The topological polar surface area (TPSA) is 185 Å². The lowest BCUT2D eigenvalue weighted by molar-refractivity contribution is -0.233. The third-order valence-corrected chi connectivity index (χ3v) is 8.89. The number of hydrogen-bond acceptors (Lipinski definition) is 11. The lowest BCUT2D eigenvalue weighted by Crippen LogP contribution is -2.66. The Morgan fingerprint density at radius 3 is 2.73 bits per heavy atom. The second-order valence-corrected chi connectivity index (χ2v) is 11.9. The smallest absolute Gasteiger partial charge is 0.221 e. The average Bonchev–Trinajstić information content (AvgIpc) is 3.44. The molecule has 40 heavy (non-hydrogen) atoms. The third-order valence-electron chi connectivity index (χ3n) is 8.89. The molecule has 1 saturated heterocycles. The fourth-order valence-electron chi connectivity index (χ4n) is 6.64. The molecule has 0 unspecified atom stereocenters. The Labute approximate surface area is 238 Å². The van der Waals surface area contributed by atoms with Gasteiger partial charge in [0.15, 0.2) is 6.29 Å². The maximum absolute atomic E-state index is 12.5. The van der Waals surface area contributed by atoms with E-state index in [-0.39, 0.29) is 30.8 Å². The molecule has 12 heteroatoms. The molecule has 11 atom stereocenters. The van der Waals surface area contributed by atoms with Gasteiger partial charge in [-0.2, -0.15) is 0 Å². The van der Waals surface area contributed by atoms with Crippen LogP contribution in [0.3, 0.4) is 0 Å². The summed E-state index contributed by atoms with van der Waals surface area (Å²) < 4.78 is 18.9. The van der Waals surface area contributed by atoms with E-state index in [1.54, 1.807) is 0 Å². The molecule has 4 aliphatic rings. The maximum Gasteiger partial charge on any atom is 0.221 e. The van der Waals surface area contributed by atoms with Crippen molar-refractivity contribution in [2.45, 2.75) is 119 Å². The molecule has 0 radical (unpaired) electrons. The van der Waals surface area contributed by atoms with Gasteiger partial charge in [0, 0.05) is 44.1 Å². The maximum atomic E-state index is 12.5. The molecule has 2 aliphatic carbocycles. The van der Waals surface area contributed by atoms with Crippen LogP contribution in [-0.4, -0.2) is 110 Å². The van der Waals surface area contributed by atoms with Crippen molar-refractivity contribution in [3.8, 4) is 0 Å². The molecular formula is C28H52N6O6. The summed E-state index contributed by atoms with van der Waals surface area (Å²) in [5.41, 5.74) is 12.1. The SMILES string of the molecule is CN[C@@H]1[C@@H](O)[C@@H](O[C@@H]2[C@@H](O)[C@H](O[C@@H]3CCC=C(CNC[C@H]4CCCN4)O3)[C@@H](N)C[C@H]2NC(=O)CCN)CC[C@H]1C. The molecule has 0 aromatic heterocycles. The fraction of sp³-hybridized carbons (Fsp3) is 0.893. The molecule has 10 N–H and O–H groups in total. The first-order valence-electron chi connectivity index (χ1n) is 15.2. The summed E-state index contributed by atoms with van der Waals surface area (Å²) in [5, 5.41) is 35.7. The van der Waals surface area contributed by atoms with Crippen LogP contribution in [0.15, 0.2) is 11.8 Å². The molecule has 2 saturated carbocycles. The molecule has 230 valence electrons. The van der Waals surface area contributed by atoms with E-state index in [9.17, 15) is 15.0 Å². The predicted molar refractivity (Wildman–Crippen MR) is 151 cm³/mol. The summed E-state index contributed by atoms with van der Waals surface area (Å²) >= 11 is 0. The lowest BCUT2D eigenvalue weighted by atomic mass is 9.80. The molecule has 0 aromatic carbocycles. The second-order valence-electron chi connectivity index (χ2n) is 11.9. The highest BCUT2D eigenvalue weighted by atomic mass is 16.7. The average molecular weight is 569 g/mol. The van der Waals surface area contributed by atoms with Crippen LogP contribution in [0, 0.1) is 5.92 Å². The van der Waals surface area contributed by atoms with Gasteiger partial charge >= 0.3 is 0 Å². The van der Waals surface area contributed by atoms with Crippen LogP contribution in [-0.2, 0) is 19.0 Å². The Bertz CT molecular complexity index is 829. The normalized spacial score (nSPS) is 40.4. The number of amides is 1. The largest absolute Gasteiger partial charge is 0.468 e. The summed E-state index contributed by atoms with van der Waals surface area (Å²) in [7, 11) is 1.83. The molecule has 3 fully saturated rings. The molecule has 0 spiro atoms. The van der Waals surface area contributed by atoms with E-state index >= 15 is 0 Å². The summed E-state index contributed by atoms with van der Waals surface area (Å²) in [5.74, 6) is 0.886. The van der Waals surface area contributed by atoms with Crippen LogP contribution < -0.4 is 32.7 Å².